The zero-order valence-corrected chi connectivity index (χ0v) is 19.0. The summed E-state index contributed by atoms with van der Waals surface area (Å²) >= 11 is 0. The number of para-hydroxylation sites is 1. The third kappa shape index (κ3) is 4.39. The Morgan fingerprint density at radius 2 is 1.97 bits per heavy atom. The molecule has 2 aliphatic rings. The van der Waals surface area contributed by atoms with Crippen LogP contribution in [0.3, 0.4) is 0 Å². The third-order valence-electron chi connectivity index (χ3n) is 6.30. The van der Waals surface area contributed by atoms with E-state index in [1.807, 2.05) is 49.4 Å². The molecule has 1 N–H and O–H groups in total. The minimum absolute atomic E-state index is 0.0281. The minimum atomic E-state index is -0.504. The lowest BCUT2D eigenvalue weighted by Gasteiger charge is -2.31. The van der Waals surface area contributed by atoms with Crippen molar-refractivity contribution in [2.75, 3.05) is 26.3 Å². The van der Waals surface area contributed by atoms with E-state index in [0.717, 1.165) is 34.2 Å². The number of pyridine rings is 1. The molecule has 7 heteroatoms. The number of esters is 1. The zero-order chi connectivity index (χ0) is 23.7. The number of amides is 1. The van der Waals surface area contributed by atoms with Gasteiger partial charge in [-0.2, -0.15) is 0 Å². The molecule has 5 rings (SSSR count). The highest BCUT2D eigenvalue weighted by Gasteiger charge is 2.29. The molecule has 0 saturated carbocycles. The molecule has 2 heterocycles. The van der Waals surface area contributed by atoms with Gasteiger partial charge in [0.1, 0.15) is 5.75 Å². The van der Waals surface area contributed by atoms with Gasteiger partial charge in [0.15, 0.2) is 6.61 Å². The number of ether oxygens (including phenoxy) is 2. The molecule has 0 spiro atoms. The van der Waals surface area contributed by atoms with Crippen LogP contribution in [0.1, 0.15) is 40.5 Å². The SMILES string of the molecule is CC1CN(C(=O)COC(=O)c2c3c(nc4ccccc24)/C(=C/c2ccc(O)cc2)CC3)CCO1. The fourth-order valence-electron chi connectivity index (χ4n) is 4.62. The maximum absolute atomic E-state index is 13.3. The third-order valence-corrected chi connectivity index (χ3v) is 6.30. The number of aromatic nitrogens is 1. The Hall–Kier alpha value is -3.71. The molecule has 0 radical (unpaired) electrons. The number of carbonyl (C=O) groups is 2. The van der Waals surface area contributed by atoms with E-state index in [4.69, 9.17) is 14.5 Å². The monoisotopic (exact) mass is 458 g/mol. The van der Waals surface area contributed by atoms with E-state index >= 15 is 0 Å². The van der Waals surface area contributed by atoms with Crippen molar-refractivity contribution in [3.8, 4) is 5.75 Å². The summed E-state index contributed by atoms with van der Waals surface area (Å²) in [6, 6.07) is 14.5. The van der Waals surface area contributed by atoms with Crippen LogP contribution in [0.2, 0.25) is 0 Å². The van der Waals surface area contributed by atoms with E-state index in [2.05, 4.69) is 0 Å². The predicted molar refractivity (Wildman–Crippen MR) is 128 cm³/mol. The molecule has 1 unspecified atom stereocenters. The van der Waals surface area contributed by atoms with Gasteiger partial charge in [0.2, 0.25) is 0 Å². The standard InChI is InChI=1S/C27H26N2O5/c1-17-15-29(12-13-33-17)24(31)16-34-27(32)25-21-4-2-3-5-23(21)28-26-19(8-11-22(25)26)14-18-6-9-20(30)10-7-18/h2-7,9-10,14,17,30H,8,11-13,15-16H2,1H3/b19-14+. The van der Waals surface area contributed by atoms with Crippen LogP contribution < -0.4 is 0 Å². The van der Waals surface area contributed by atoms with Gasteiger partial charge in [0.05, 0.1) is 29.5 Å². The van der Waals surface area contributed by atoms with E-state index in [1.54, 1.807) is 17.0 Å². The Kier molecular flexibility index (Phi) is 6.02. The summed E-state index contributed by atoms with van der Waals surface area (Å²) in [6.07, 6.45) is 3.41. The lowest BCUT2D eigenvalue weighted by molar-refractivity contribution is -0.141. The zero-order valence-electron chi connectivity index (χ0n) is 19.0. The summed E-state index contributed by atoms with van der Waals surface area (Å²) in [6.45, 7) is 3.10. The van der Waals surface area contributed by atoms with E-state index in [1.165, 1.54) is 0 Å². The molecule has 1 aliphatic heterocycles. The fraction of sp³-hybridized carbons (Fsp3) is 0.296. The normalized spacial score (nSPS) is 18.8. The second-order valence-corrected chi connectivity index (χ2v) is 8.69. The van der Waals surface area contributed by atoms with Crippen molar-refractivity contribution in [3.63, 3.8) is 0 Å². The number of aromatic hydroxyl groups is 1. The summed E-state index contributed by atoms with van der Waals surface area (Å²) < 4.78 is 11.0. The summed E-state index contributed by atoms with van der Waals surface area (Å²) in [5.74, 6) is -0.508. The Bertz CT molecular complexity index is 1280. The Morgan fingerprint density at radius 1 is 1.18 bits per heavy atom. The van der Waals surface area contributed by atoms with Gasteiger partial charge < -0.3 is 19.5 Å². The maximum atomic E-state index is 13.3. The Labute approximate surface area is 197 Å². The topological polar surface area (TPSA) is 89.0 Å². The van der Waals surface area contributed by atoms with Crippen molar-refractivity contribution in [1.82, 2.24) is 9.88 Å². The van der Waals surface area contributed by atoms with Gasteiger partial charge in [-0.05, 0) is 60.7 Å². The van der Waals surface area contributed by atoms with Crippen LogP contribution in [0.5, 0.6) is 5.75 Å². The van der Waals surface area contributed by atoms with Crippen LogP contribution in [-0.4, -0.2) is 59.3 Å². The van der Waals surface area contributed by atoms with Crippen LogP contribution in [0, 0.1) is 0 Å². The van der Waals surface area contributed by atoms with E-state index in [0.29, 0.717) is 37.2 Å². The second-order valence-electron chi connectivity index (χ2n) is 8.69. The molecule has 1 atom stereocenters. The number of morpholine rings is 1. The lowest BCUT2D eigenvalue weighted by Crippen LogP contribution is -2.46. The number of fused-ring (bicyclic) bond motifs is 2. The Balaban J connectivity index is 1.45. The molecule has 174 valence electrons. The molecule has 1 aliphatic carbocycles. The van der Waals surface area contributed by atoms with Crippen molar-refractivity contribution < 1.29 is 24.2 Å². The first-order valence-corrected chi connectivity index (χ1v) is 11.5. The molecule has 1 saturated heterocycles. The smallest absolute Gasteiger partial charge is 0.339 e. The molecule has 1 aromatic heterocycles. The number of benzene rings is 2. The lowest BCUT2D eigenvalue weighted by atomic mass is 10.0. The van der Waals surface area contributed by atoms with E-state index in [9.17, 15) is 14.7 Å². The Morgan fingerprint density at radius 3 is 2.76 bits per heavy atom. The van der Waals surface area contributed by atoms with E-state index < -0.39 is 5.97 Å². The number of phenols is 1. The predicted octanol–water partition coefficient (Wildman–Crippen LogP) is 3.83. The van der Waals surface area contributed by atoms with E-state index in [-0.39, 0.29) is 24.4 Å². The second kappa shape index (κ2) is 9.27. The number of allylic oxidation sites excluding steroid dienone is 1. The van der Waals surface area contributed by atoms with Crippen LogP contribution in [0.15, 0.2) is 48.5 Å². The quantitative estimate of drug-likeness (QED) is 0.598. The first kappa shape index (κ1) is 22.1. The van der Waals surface area contributed by atoms with Crippen molar-refractivity contribution in [1.29, 1.82) is 0 Å². The molecular formula is C27H26N2O5. The van der Waals surface area contributed by atoms with Crippen LogP contribution >= 0.6 is 0 Å². The average molecular weight is 459 g/mol. The number of nitrogens with zero attached hydrogens (tertiary/aromatic N) is 2. The van der Waals surface area contributed by atoms with Gasteiger partial charge in [-0.1, -0.05) is 30.3 Å². The number of hydrogen-bond acceptors (Lipinski definition) is 6. The average Bonchev–Trinajstić information content (AvgIpc) is 3.24. The maximum Gasteiger partial charge on any atom is 0.339 e. The summed E-state index contributed by atoms with van der Waals surface area (Å²) in [4.78, 5) is 32.4. The summed E-state index contributed by atoms with van der Waals surface area (Å²) in [7, 11) is 0. The molecular weight excluding hydrogens is 432 g/mol. The molecule has 3 aromatic rings. The molecule has 0 bridgehead atoms. The van der Waals surface area contributed by atoms with Gasteiger partial charge in [0.25, 0.3) is 5.91 Å². The molecule has 7 nitrogen and oxygen atoms in total. The van der Waals surface area contributed by atoms with Gasteiger partial charge in [-0.15, -0.1) is 0 Å². The van der Waals surface area contributed by atoms with Crippen molar-refractivity contribution in [2.24, 2.45) is 0 Å². The first-order valence-electron chi connectivity index (χ1n) is 11.5. The fourth-order valence-corrected chi connectivity index (χ4v) is 4.62. The molecule has 34 heavy (non-hydrogen) atoms. The number of phenolic OH excluding ortho intramolecular Hbond substituents is 1. The highest BCUT2D eigenvalue weighted by Crippen LogP contribution is 2.38. The minimum Gasteiger partial charge on any atom is -0.508 e. The largest absolute Gasteiger partial charge is 0.508 e. The number of carbonyl (C=O) groups excluding carboxylic acids is 2. The van der Waals surface area contributed by atoms with Crippen molar-refractivity contribution in [3.05, 3.63) is 70.9 Å². The highest BCUT2D eigenvalue weighted by atomic mass is 16.5. The number of rotatable bonds is 4. The summed E-state index contributed by atoms with van der Waals surface area (Å²) in [5.41, 5.74) is 4.80. The summed E-state index contributed by atoms with van der Waals surface area (Å²) in [5, 5.41) is 10.3. The van der Waals surface area contributed by atoms with Crippen LogP contribution in [0.25, 0.3) is 22.6 Å². The van der Waals surface area contributed by atoms with Gasteiger partial charge in [-0.3, -0.25) is 4.79 Å². The molecule has 1 amide bonds. The molecule has 1 fully saturated rings. The molecule has 2 aromatic carbocycles. The van der Waals surface area contributed by atoms with Crippen LogP contribution in [-0.2, 0) is 20.7 Å². The van der Waals surface area contributed by atoms with Crippen molar-refractivity contribution in [2.45, 2.75) is 25.9 Å². The number of hydrogen-bond donors (Lipinski definition) is 1. The first-order chi connectivity index (χ1) is 16.5. The highest BCUT2D eigenvalue weighted by molar-refractivity contribution is 6.07. The van der Waals surface area contributed by atoms with Gasteiger partial charge in [-0.25, -0.2) is 9.78 Å². The van der Waals surface area contributed by atoms with Gasteiger partial charge >= 0.3 is 5.97 Å². The van der Waals surface area contributed by atoms with Crippen LogP contribution in [0.4, 0.5) is 0 Å². The van der Waals surface area contributed by atoms with Gasteiger partial charge in [0, 0.05) is 18.5 Å². The van der Waals surface area contributed by atoms with Crippen molar-refractivity contribution >= 4 is 34.4 Å².